The normalized spacial score (nSPS) is 9.43. The molecule has 0 aliphatic carbocycles. The Morgan fingerprint density at radius 1 is 1.86 bits per heavy atom. The lowest BCUT2D eigenvalue weighted by atomic mass is 10.8. The van der Waals surface area contributed by atoms with E-state index in [1.54, 1.807) is 6.07 Å². The fraction of sp³-hybridized carbons (Fsp3) is 0. The van der Waals surface area contributed by atoms with Gasteiger partial charge in [-0.1, -0.05) is 11.6 Å². The van der Waals surface area contributed by atoms with E-state index >= 15 is 0 Å². The van der Waals surface area contributed by atoms with Crippen LogP contribution < -0.4 is 0 Å². The number of aromatic nitrogens is 2. The van der Waals surface area contributed by atoms with Crippen molar-refractivity contribution >= 4 is 34.2 Å². The minimum atomic E-state index is 0.518. The molecule has 1 aromatic rings. The fourth-order valence-electron chi connectivity index (χ4n) is 0.276. The Hall–Kier alpha value is 0.230. The van der Waals surface area contributed by atoms with Crippen molar-refractivity contribution in [3.8, 4) is 0 Å². The van der Waals surface area contributed by atoms with Crippen molar-refractivity contribution in [3.63, 3.8) is 0 Å². The van der Waals surface area contributed by atoms with Crippen molar-refractivity contribution in [2.45, 2.75) is 0 Å². The second-order valence-electron chi connectivity index (χ2n) is 1.04. The van der Waals surface area contributed by atoms with Crippen molar-refractivity contribution in [1.29, 1.82) is 0 Å². The molecule has 0 radical (unpaired) electrons. The molecule has 0 unspecified atom stereocenters. The maximum absolute atomic E-state index is 5.41. The lowest BCUT2D eigenvalue weighted by Gasteiger charge is -1.64. The number of nitrogens with zero attached hydrogens (tertiary/aromatic N) is 1. The Morgan fingerprint density at radius 3 is 2.71 bits per heavy atom. The van der Waals surface area contributed by atoms with Gasteiger partial charge in [-0.05, 0) is 22.6 Å². The molecular weight excluding hydrogens is 226 g/mol. The van der Waals surface area contributed by atoms with Crippen LogP contribution in [0.25, 0.3) is 0 Å². The third kappa shape index (κ3) is 1.31. The zero-order valence-corrected chi connectivity index (χ0v) is 6.19. The van der Waals surface area contributed by atoms with Gasteiger partial charge in [-0.25, -0.2) is 0 Å². The highest BCUT2D eigenvalue weighted by Gasteiger charge is 1.88. The number of rotatable bonds is 0. The van der Waals surface area contributed by atoms with Crippen LogP contribution in [0.3, 0.4) is 0 Å². The molecule has 0 saturated carbocycles. The van der Waals surface area contributed by atoms with E-state index in [1.165, 1.54) is 0 Å². The standard InChI is InChI=1S/C3H2ClIN2/c4-2-1-3(5)7-6-2/h1H,(H,6,7). The van der Waals surface area contributed by atoms with Crippen LogP contribution in [0, 0.1) is 3.70 Å². The summed E-state index contributed by atoms with van der Waals surface area (Å²) in [5, 5.41) is 6.84. The first-order chi connectivity index (χ1) is 3.29. The van der Waals surface area contributed by atoms with E-state index in [-0.39, 0.29) is 0 Å². The summed E-state index contributed by atoms with van der Waals surface area (Å²) < 4.78 is 0.961. The second kappa shape index (κ2) is 2.00. The SMILES string of the molecule is Clc1cc(I)[nH]n1. The number of aromatic amines is 1. The van der Waals surface area contributed by atoms with E-state index in [0.29, 0.717) is 5.15 Å². The molecular formula is C3H2ClIN2. The molecule has 0 amide bonds. The number of halogens is 2. The highest BCUT2D eigenvalue weighted by Crippen LogP contribution is 2.06. The zero-order valence-electron chi connectivity index (χ0n) is 3.28. The predicted octanol–water partition coefficient (Wildman–Crippen LogP) is 1.67. The van der Waals surface area contributed by atoms with Gasteiger partial charge in [-0.3, -0.25) is 5.10 Å². The number of nitrogens with one attached hydrogen (secondary N) is 1. The van der Waals surface area contributed by atoms with E-state index in [9.17, 15) is 0 Å². The van der Waals surface area contributed by atoms with Crippen LogP contribution in [0.15, 0.2) is 6.07 Å². The second-order valence-corrected chi connectivity index (χ2v) is 2.59. The van der Waals surface area contributed by atoms with E-state index in [1.807, 2.05) is 0 Å². The van der Waals surface area contributed by atoms with Crippen LogP contribution in [0.2, 0.25) is 5.15 Å². The molecule has 0 bridgehead atoms. The molecule has 1 heterocycles. The van der Waals surface area contributed by atoms with Gasteiger partial charge in [0.05, 0.1) is 3.70 Å². The molecule has 7 heavy (non-hydrogen) atoms. The molecule has 0 fully saturated rings. The Kier molecular flexibility index (Phi) is 1.53. The van der Waals surface area contributed by atoms with Crippen LogP contribution in [0.1, 0.15) is 0 Å². The molecule has 1 aromatic heterocycles. The lowest BCUT2D eigenvalue weighted by molar-refractivity contribution is 1.07. The number of H-pyrrole nitrogens is 1. The van der Waals surface area contributed by atoms with Crippen LogP contribution in [-0.2, 0) is 0 Å². The summed E-state index contributed by atoms with van der Waals surface area (Å²) in [6.07, 6.45) is 0. The zero-order chi connectivity index (χ0) is 5.28. The maximum Gasteiger partial charge on any atom is 0.151 e. The van der Waals surface area contributed by atoms with Gasteiger partial charge in [0.15, 0.2) is 5.15 Å². The van der Waals surface area contributed by atoms with Crippen LogP contribution in [0.4, 0.5) is 0 Å². The van der Waals surface area contributed by atoms with Crippen molar-refractivity contribution in [2.24, 2.45) is 0 Å². The van der Waals surface area contributed by atoms with E-state index < -0.39 is 0 Å². The molecule has 1 N–H and O–H groups in total. The smallest absolute Gasteiger partial charge is 0.151 e. The van der Waals surface area contributed by atoms with Gasteiger partial charge in [0.2, 0.25) is 0 Å². The van der Waals surface area contributed by atoms with Gasteiger partial charge >= 0.3 is 0 Å². The summed E-state index contributed by atoms with van der Waals surface area (Å²) >= 11 is 7.51. The van der Waals surface area contributed by atoms with Crippen molar-refractivity contribution in [1.82, 2.24) is 10.2 Å². The van der Waals surface area contributed by atoms with Gasteiger partial charge in [-0.2, -0.15) is 5.10 Å². The highest BCUT2D eigenvalue weighted by atomic mass is 127. The third-order valence-corrected chi connectivity index (χ3v) is 1.26. The molecule has 0 aromatic carbocycles. The summed E-state index contributed by atoms with van der Waals surface area (Å²) in [5.41, 5.74) is 0. The average Bonchev–Trinajstić information content (AvgIpc) is 1.87. The van der Waals surface area contributed by atoms with E-state index in [4.69, 9.17) is 11.6 Å². The largest absolute Gasteiger partial charge is 0.271 e. The predicted molar refractivity (Wildman–Crippen MR) is 36.3 cm³/mol. The molecule has 0 saturated heterocycles. The first kappa shape index (κ1) is 5.37. The summed E-state index contributed by atoms with van der Waals surface area (Å²) in [5.74, 6) is 0. The van der Waals surface area contributed by atoms with Crippen LogP contribution in [0.5, 0.6) is 0 Å². The summed E-state index contributed by atoms with van der Waals surface area (Å²) in [6, 6.07) is 1.75. The fourth-order valence-corrected chi connectivity index (χ4v) is 1.03. The Balaban J connectivity index is 3.04. The molecule has 4 heteroatoms. The minimum absolute atomic E-state index is 0.518. The number of hydrogen-bond donors (Lipinski definition) is 1. The first-order valence-corrected chi connectivity index (χ1v) is 3.11. The molecule has 1 rings (SSSR count). The molecule has 0 aliphatic heterocycles. The van der Waals surface area contributed by atoms with Gasteiger partial charge in [-0.15, -0.1) is 0 Å². The van der Waals surface area contributed by atoms with Crippen molar-refractivity contribution < 1.29 is 0 Å². The Bertz CT molecular complexity index is 145. The van der Waals surface area contributed by atoms with Crippen molar-refractivity contribution in [2.75, 3.05) is 0 Å². The molecule has 0 atom stereocenters. The monoisotopic (exact) mass is 228 g/mol. The van der Waals surface area contributed by atoms with Gasteiger partial charge in [0.1, 0.15) is 0 Å². The Labute approximate surface area is 59.4 Å². The highest BCUT2D eigenvalue weighted by molar-refractivity contribution is 14.1. The minimum Gasteiger partial charge on any atom is -0.271 e. The van der Waals surface area contributed by atoms with Gasteiger partial charge < -0.3 is 0 Å². The molecule has 0 aliphatic rings. The Morgan fingerprint density at radius 2 is 2.57 bits per heavy atom. The van der Waals surface area contributed by atoms with Crippen LogP contribution >= 0.6 is 34.2 Å². The average molecular weight is 228 g/mol. The first-order valence-electron chi connectivity index (χ1n) is 1.65. The number of hydrogen-bond acceptors (Lipinski definition) is 1. The maximum atomic E-state index is 5.41. The van der Waals surface area contributed by atoms with E-state index in [2.05, 4.69) is 32.8 Å². The third-order valence-electron chi connectivity index (χ3n) is 0.515. The van der Waals surface area contributed by atoms with Crippen molar-refractivity contribution in [3.05, 3.63) is 14.9 Å². The summed E-state index contributed by atoms with van der Waals surface area (Å²) in [4.78, 5) is 0. The lowest BCUT2D eigenvalue weighted by Crippen LogP contribution is -1.64. The summed E-state index contributed by atoms with van der Waals surface area (Å²) in [7, 11) is 0. The van der Waals surface area contributed by atoms with E-state index in [0.717, 1.165) is 3.70 Å². The molecule has 0 spiro atoms. The topological polar surface area (TPSA) is 28.7 Å². The molecule has 2 nitrogen and oxygen atoms in total. The summed E-state index contributed by atoms with van der Waals surface area (Å²) in [6.45, 7) is 0. The quantitative estimate of drug-likeness (QED) is 0.672. The van der Waals surface area contributed by atoms with Crippen LogP contribution in [-0.4, -0.2) is 10.2 Å². The van der Waals surface area contributed by atoms with Gasteiger partial charge in [0, 0.05) is 6.07 Å². The van der Waals surface area contributed by atoms with Gasteiger partial charge in [0.25, 0.3) is 0 Å². The molecule has 38 valence electrons.